The van der Waals surface area contributed by atoms with Crippen molar-refractivity contribution in [3.8, 4) is 22.8 Å². The Hall–Kier alpha value is -3.81. The number of methoxy groups -OCH3 is 2. The predicted molar refractivity (Wildman–Crippen MR) is 151 cm³/mol. The molecule has 0 unspecified atom stereocenters. The van der Waals surface area contributed by atoms with Gasteiger partial charge < -0.3 is 20.1 Å². The summed E-state index contributed by atoms with van der Waals surface area (Å²) in [6.45, 7) is 5.56. The minimum atomic E-state index is -0.0548. The van der Waals surface area contributed by atoms with E-state index in [0.29, 0.717) is 44.4 Å². The second kappa shape index (κ2) is 11.1. The summed E-state index contributed by atoms with van der Waals surface area (Å²) in [6.07, 6.45) is 3.33. The molecule has 0 saturated carbocycles. The predicted octanol–water partition coefficient (Wildman–Crippen LogP) is 7.01. The average molecular weight is 537 g/mol. The first-order valence-corrected chi connectivity index (χ1v) is 12.2. The van der Waals surface area contributed by atoms with Gasteiger partial charge in [-0.15, -0.1) is 0 Å². The Labute approximate surface area is 225 Å². The van der Waals surface area contributed by atoms with Gasteiger partial charge in [-0.25, -0.2) is 9.97 Å². The molecule has 2 N–H and O–H groups in total. The highest BCUT2D eigenvalue weighted by molar-refractivity contribution is 6.41. The van der Waals surface area contributed by atoms with Crippen LogP contribution in [0, 0.1) is 6.92 Å². The number of halogens is 2. The van der Waals surface area contributed by atoms with E-state index in [9.17, 15) is 4.79 Å². The molecule has 9 heteroatoms. The van der Waals surface area contributed by atoms with Crippen LogP contribution in [-0.2, 0) is 11.2 Å². The number of nitrogens with one attached hydrogen (secondary N) is 2. The number of aryl methyl sites for hydroxylation is 1. The van der Waals surface area contributed by atoms with Crippen LogP contribution in [0.3, 0.4) is 0 Å². The van der Waals surface area contributed by atoms with E-state index in [4.69, 9.17) is 37.7 Å². The number of aromatic nitrogens is 2. The third kappa shape index (κ3) is 5.19. The molecule has 0 aliphatic heterocycles. The number of ketones is 1. The summed E-state index contributed by atoms with van der Waals surface area (Å²) >= 11 is 13.3. The van der Waals surface area contributed by atoms with Crippen molar-refractivity contribution in [2.24, 2.45) is 0 Å². The number of carbonyl (C=O) groups excluding carboxylic acids is 1. The van der Waals surface area contributed by atoms with Gasteiger partial charge in [-0.05, 0) is 36.3 Å². The lowest BCUT2D eigenvalue weighted by Gasteiger charge is -2.17. The molecule has 2 heterocycles. The number of para-hydroxylation sites is 1. The Bertz CT molecular complexity index is 1490. The van der Waals surface area contributed by atoms with Gasteiger partial charge in [-0.3, -0.25) is 4.79 Å². The quantitative estimate of drug-likeness (QED) is 0.222. The van der Waals surface area contributed by atoms with Crippen LogP contribution in [0.2, 0.25) is 10.0 Å². The molecular formula is C28H26Cl2N4O3. The van der Waals surface area contributed by atoms with E-state index in [1.165, 1.54) is 20.3 Å². The van der Waals surface area contributed by atoms with Gasteiger partial charge in [0.1, 0.15) is 23.1 Å². The number of carbonyl (C=O) groups is 1. The third-order valence-corrected chi connectivity index (χ3v) is 6.74. The fourth-order valence-corrected chi connectivity index (χ4v) is 4.78. The molecule has 0 fully saturated rings. The van der Waals surface area contributed by atoms with Crippen LogP contribution >= 0.6 is 23.2 Å². The van der Waals surface area contributed by atoms with Gasteiger partial charge in [0.15, 0.2) is 5.78 Å². The zero-order valence-electron chi connectivity index (χ0n) is 20.9. The highest BCUT2D eigenvalue weighted by Crippen LogP contribution is 2.46. The molecule has 0 spiro atoms. The highest BCUT2D eigenvalue weighted by atomic mass is 35.5. The molecule has 7 nitrogen and oxygen atoms in total. The number of ether oxygens (including phenoxy) is 2. The molecule has 0 radical (unpaired) electrons. The Morgan fingerprint density at radius 3 is 2.43 bits per heavy atom. The number of pyridine rings is 2. The van der Waals surface area contributed by atoms with Crippen LogP contribution in [0.15, 0.2) is 55.3 Å². The lowest BCUT2D eigenvalue weighted by molar-refractivity contribution is -0.114. The van der Waals surface area contributed by atoms with Crippen molar-refractivity contribution in [3.05, 3.63) is 76.4 Å². The highest BCUT2D eigenvalue weighted by Gasteiger charge is 2.21. The molecule has 0 aliphatic carbocycles. The first-order valence-electron chi connectivity index (χ1n) is 11.4. The number of nitrogens with zero attached hydrogens (tertiary/aromatic N) is 2. The van der Waals surface area contributed by atoms with Gasteiger partial charge in [0.2, 0.25) is 0 Å². The molecule has 4 aromatic rings. The second-order valence-electron chi connectivity index (χ2n) is 8.26. The first kappa shape index (κ1) is 26.3. The molecule has 0 amide bonds. The summed E-state index contributed by atoms with van der Waals surface area (Å²) in [5.74, 6) is 2.01. The molecule has 0 atom stereocenters. The normalized spacial score (nSPS) is 10.8. The van der Waals surface area contributed by atoms with Crippen LogP contribution in [-0.4, -0.2) is 37.0 Å². The van der Waals surface area contributed by atoms with Crippen molar-refractivity contribution in [3.63, 3.8) is 0 Å². The SMILES string of the molecule is C=CC(=O)Cc1cccc(C)c1Nc1cc2c(NC)nc(-c3c(Cl)c(OC)cc(OC)c3Cl)cc2cn1. The summed E-state index contributed by atoms with van der Waals surface area (Å²) in [5.41, 5.74) is 3.73. The largest absolute Gasteiger partial charge is 0.495 e. The monoisotopic (exact) mass is 536 g/mol. The topological polar surface area (TPSA) is 85.4 Å². The second-order valence-corrected chi connectivity index (χ2v) is 9.02. The summed E-state index contributed by atoms with van der Waals surface area (Å²) in [6, 6.07) is 11.2. The molecule has 190 valence electrons. The number of anilines is 3. The van der Waals surface area contributed by atoms with Crippen LogP contribution in [0.4, 0.5) is 17.3 Å². The van der Waals surface area contributed by atoms with Gasteiger partial charge in [-0.1, -0.05) is 48.0 Å². The van der Waals surface area contributed by atoms with Crippen molar-refractivity contribution in [2.75, 3.05) is 31.9 Å². The van der Waals surface area contributed by atoms with E-state index in [1.54, 1.807) is 19.3 Å². The van der Waals surface area contributed by atoms with Crippen LogP contribution in [0.1, 0.15) is 11.1 Å². The summed E-state index contributed by atoms with van der Waals surface area (Å²) in [5, 5.41) is 8.85. The van der Waals surface area contributed by atoms with Gasteiger partial charge in [0.05, 0.1) is 30.0 Å². The number of fused-ring (bicyclic) bond motifs is 1. The van der Waals surface area contributed by atoms with E-state index >= 15 is 0 Å². The lowest BCUT2D eigenvalue weighted by atomic mass is 10.0. The molecule has 2 aromatic carbocycles. The maximum atomic E-state index is 12.0. The van der Waals surface area contributed by atoms with Gasteiger partial charge >= 0.3 is 0 Å². The van der Waals surface area contributed by atoms with E-state index < -0.39 is 0 Å². The van der Waals surface area contributed by atoms with Crippen LogP contribution in [0.25, 0.3) is 22.0 Å². The van der Waals surface area contributed by atoms with E-state index in [-0.39, 0.29) is 12.2 Å². The number of rotatable bonds is 9. The van der Waals surface area contributed by atoms with Crippen molar-refractivity contribution in [2.45, 2.75) is 13.3 Å². The van der Waals surface area contributed by atoms with Crippen molar-refractivity contribution >= 4 is 57.1 Å². The zero-order chi connectivity index (χ0) is 26.7. The smallest absolute Gasteiger partial charge is 0.159 e. The van der Waals surface area contributed by atoms with Crippen molar-refractivity contribution < 1.29 is 14.3 Å². The number of hydrogen-bond donors (Lipinski definition) is 2. The maximum absolute atomic E-state index is 12.0. The van der Waals surface area contributed by atoms with E-state index in [0.717, 1.165) is 27.6 Å². The number of benzene rings is 2. The van der Waals surface area contributed by atoms with Crippen LogP contribution in [0.5, 0.6) is 11.5 Å². The number of hydrogen-bond acceptors (Lipinski definition) is 7. The summed E-state index contributed by atoms with van der Waals surface area (Å²) in [4.78, 5) is 21.4. The summed E-state index contributed by atoms with van der Waals surface area (Å²) < 4.78 is 10.8. The Kier molecular flexibility index (Phi) is 7.86. The van der Waals surface area contributed by atoms with Crippen molar-refractivity contribution in [1.82, 2.24) is 9.97 Å². The molecule has 0 bridgehead atoms. The fourth-order valence-electron chi connectivity index (χ4n) is 4.09. The molecule has 4 rings (SSSR count). The molecule has 0 aliphatic rings. The minimum Gasteiger partial charge on any atom is -0.495 e. The molecule has 2 aromatic heterocycles. The Morgan fingerprint density at radius 2 is 1.81 bits per heavy atom. The minimum absolute atomic E-state index is 0.0548. The Morgan fingerprint density at radius 1 is 1.11 bits per heavy atom. The average Bonchev–Trinajstić information content (AvgIpc) is 2.90. The van der Waals surface area contributed by atoms with E-state index in [1.807, 2.05) is 37.3 Å². The first-order chi connectivity index (χ1) is 17.8. The zero-order valence-corrected chi connectivity index (χ0v) is 22.4. The van der Waals surface area contributed by atoms with Crippen molar-refractivity contribution in [1.29, 1.82) is 0 Å². The lowest BCUT2D eigenvalue weighted by Crippen LogP contribution is -2.05. The van der Waals surface area contributed by atoms with Crippen LogP contribution < -0.4 is 20.1 Å². The standard InChI is InChI=1S/C28H26Cl2N4O3/c1-6-18(35)10-16-9-7-8-15(2)27(16)34-23-12-19-17(14-32-23)11-20(33-28(19)31-3)24-25(29)21(36-4)13-22(37-5)26(24)30/h6-9,11-14H,1,10H2,2-5H3,(H,31,33)(H,32,34). The van der Waals surface area contributed by atoms with Gasteiger partial charge in [0, 0.05) is 47.8 Å². The third-order valence-electron chi connectivity index (χ3n) is 5.99. The summed E-state index contributed by atoms with van der Waals surface area (Å²) in [7, 11) is 4.84. The Balaban J connectivity index is 1.81. The van der Waals surface area contributed by atoms with E-state index in [2.05, 4.69) is 22.2 Å². The molecule has 37 heavy (non-hydrogen) atoms. The van der Waals surface area contributed by atoms with Gasteiger partial charge in [0.25, 0.3) is 0 Å². The van der Waals surface area contributed by atoms with Gasteiger partial charge in [-0.2, -0.15) is 0 Å². The molecule has 0 saturated heterocycles. The number of allylic oxidation sites excluding steroid dienone is 1. The molecular weight excluding hydrogens is 511 g/mol. The fraction of sp³-hybridized carbons (Fsp3) is 0.179. The maximum Gasteiger partial charge on any atom is 0.159 e.